The second-order valence-electron chi connectivity index (χ2n) is 6.05. The van der Waals surface area contributed by atoms with Crippen molar-refractivity contribution >= 4 is 5.97 Å². The zero-order valence-electron chi connectivity index (χ0n) is 12.6. The van der Waals surface area contributed by atoms with Crippen LogP contribution in [-0.4, -0.2) is 17.6 Å². The quantitative estimate of drug-likeness (QED) is 0.838. The maximum atomic E-state index is 13.6. The molecule has 116 valence electrons. The minimum atomic E-state index is -1.22. The third-order valence-corrected chi connectivity index (χ3v) is 4.57. The third-order valence-electron chi connectivity index (χ3n) is 4.57. The first-order valence-electron chi connectivity index (χ1n) is 7.82. The lowest BCUT2D eigenvalue weighted by atomic mass is 9.81. The molecule has 1 fully saturated rings. The maximum Gasteiger partial charge on any atom is 0.338 e. The van der Waals surface area contributed by atoms with Gasteiger partial charge in [0.05, 0.1) is 5.56 Å². The monoisotopic (exact) mass is 293 g/mol. The molecule has 0 aliphatic heterocycles. The number of hydrogen-bond acceptors (Lipinski definition) is 2. The fraction of sp³-hybridized carbons (Fsp3) is 0.588. The fourth-order valence-corrected chi connectivity index (χ4v) is 3.11. The number of hydrogen-bond donors (Lipinski definition) is 2. The van der Waals surface area contributed by atoms with Gasteiger partial charge in [0.25, 0.3) is 0 Å². The summed E-state index contributed by atoms with van der Waals surface area (Å²) < 4.78 is 13.6. The average Bonchev–Trinajstić information content (AvgIpc) is 2.47. The molecule has 0 amide bonds. The van der Waals surface area contributed by atoms with Gasteiger partial charge in [0.2, 0.25) is 0 Å². The van der Waals surface area contributed by atoms with Crippen LogP contribution < -0.4 is 5.32 Å². The van der Waals surface area contributed by atoms with Gasteiger partial charge in [-0.25, -0.2) is 9.18 Å². The second kappa shape index (κ2) is 7.55. The highest BCUT2D eigenvalue weighted by Crippen LogP contribution is 2.30. The number of carboxylic acid groups (broad SMARTS) is 1. The van der Waals surface area contributed by atoms with Crippen LogP contribution in [0.25, 0.3) is 0 Å². The summed E-state index contributed by atoms with van der Waals surface area (Å²) >= 11 is 0. The molecule has 4 heteroatoms. The van der Waals surface area contributed by atoms with E-state index in [1.54, 1.807) is 6.07 Å². The largest absolute Gasteiger partial charge is 0.478 e. The Labute approximate surface area is 125 Å². The predicted octanol–water partition coefficient (Wildman–Crippen LogP) is 3.83. The van der Waals surface area contributed by atoms with E-state index in [1.807, 2.05) is 0 Å². The molecule has 1 aromatic rings. The Balaban J connectivity index is 1.76. The van der Waals surface area contributed by atoms with Gasteiger partial charge in [-0.2, -0.15) is 0 Å². The standard InChI is InChI=1S/C17H24FNO2/c1-2-12-3-5-13(6-4-12)10-19-11-14-7-8-15(17(20)21)16(18)9-14/h7-9,12-13,19H,2-6,10-11H2,1H3,(H,20,21). The van der Waals surface area contributed by atoms with Crippen molar-refractivity contribution in [3.8, 4) is 0 Å². The number of halogens is 1. The van der Waals surface area contributed by atoms with Crippen molar-refractivity contribution in [2.75, 3.05) is 6.54 Å². The van der Waals surface area contributed by atoms with Gasteiger partial charge in [0, 0.05) is 6.54 Å². The maximum absolute atomic E-state index is 13.6. The highest BCUT2D eigenvalue weighted by Gasteiger charge is 2.19. The van der Waals surface area contributed by atoms with E-state index in [0.717, 1.165) is 23.9 Å². The topological polar surface area (TPSA) is 49.3 Å². The zero-order chi connectivity index (χ0) is 15.2. The molecular formula is C17H24FNO2. The van der Waals surface area contributed by atoms with Gasteiger partial charge >= 0.3 is 5.97 Å². The molecule has 0 spiro atoms. The van der Waals surface area contributed by atoms with Crippen molar-refractivity contribution in [2.24, 2.45) is 11.8 Å². The molecule has 0 unspecified atom stereocenters. The van der Waals surface area contributed by atoms with Crippen molar-refractivity contribution in [1.29, 1.82) is 0 Å². The third kappa shape index (κ3) is 4.53. The molecule has 1 aliphatic carbocycles. The Hall–Kier alpha value is -1.42. The zero-order valence-corrected chi connectivity index (χ0v) is 12.6. The predicted molar refractivity (Wildman–Crippen MR) is 80.8 cm³/mol. The van der Waals surface area contributed by atoms with Crippen LogP contribution in [-0.2, 0) is 6.54 Å². The number of nitrogens with one attached hydrogen (secondary N) is 1. The van der Waals surface area contributed by atoms with Crippen LogP contribution in [0.2, 0.25) is 0 Å². The summed E-state index contributed by atoms with van der Waals surface area (Å²) in [4.78, 5) is 10.7. The van der Waals surface area contributed by atoms with Gasteiger partial charge in [-0.1, -0.05) is 32.3 Å². The Morgan fingerprint density at radius 3 is 2.52 bits per heavy atom. The van der Waals surface area contributed by atoms with Gasteiger partial charge in [-0.05, 0) is 48.9 Å². The molecule has 21 heavy (non-hydrogen) atoms. The minimum absolute atomic E-state index is 0.267. The molecule has 0 bridgehead atoms. The number of carboxylic acids is 1. The van der Waals surface area contributed by atoms with Gasteiger partial charge in [0.15, 0.2) is 0 Å². The van der Waals surface area contributed by atoms with Gasteiger partial charge in [-0.15, -0.1) is 0 Å². The summed E-state index contributed by atoms with van der Waals surface area (Å²) in [7, 11) is 0. The average molecular weight is 293 g/mol. The van der Waals surface area contributed by atoms with E-state index in [9.17, 15) is 9.18 Å². The van der Waals surface area contributed by atoms with Crippen LogP contribution in [0.3, 0.4) is 0 Å². The van der Waals surface area contributed by atoms with Crippen LogP contribution >= 0.6 is 0 Å². The van der Waals surface area contributed by atoms with Crippen molar-refractivity contribution < 1.29 is 14.3 Å². The molecule has 0 atom stereocenters. The van der Waals surface area contributed by atoms with E-state index in [4.69, 9.17) is 5.11 Å². The molecule has 0 saturated heterocycles. The van der Waals surface area contributed by atoms with E-state index in [1.165, 1.54) is 44.2 Å². The first-order chi connectivity index (χ1) is 10.1. The van der Waals surface area contributed by atoms with Crippen LogP contribution in [0.15, 0.2) is 18.2 Å². The van der Waals surface area contributed by atoms with Crippen molar-refractivity contribution in [3.63, 3.8) is 0 Å². The smallest absolute Gasteiger partial charge is 0.338 e. The van der Waals surface area contributed by atoms with E-state index in [0.29, 0.717) is 6.54 Å². The van der Waals surface area contributed by atoms with Crippen molar-refractivity contribution in [1.82, 2.24) is 5.32 Å². The summed E-state index contributed by atoms with van der Waals surface area (Å²) in [5, 5.41) is 12.2. The Kier molecular flexibility index (Phi) is 5.74. The van der Waals surface area contributed by atoms with Crippen LogP contribution in [0.4, 0.5) is 4.39 Å². The molecule has 1 aliphatic rings. The summed E-state index contributed by atoms with van der Waals surface area (Å²) in [6.45, 7) is 3.81. The van der Waals surface area contributed by atoms with E-state index in [2.05, 4.69) is 12.2 Å². The van der Waals surface area contributed by atoms with Gasteiger partial charge in [0.1, 0.15) is 5.82 Å². The molecular weight excluding hydrogens is 269 g/mol. The minimum Gasteiger partial charge on any atom is -0.478 e. The number of aromatic carboxylic acids is 1. The lowest BCUT2D eigenvalue weighted by molar-refractivity contribution is 0.0692. The van der Waals surface area contributed by atoms with E-state index >= 15 is 0 Å². The first kappa shape index (κ1) is 16.0. The van der Waals surface area contributed by atoms with Crippen LogP contribution in [0.5, 0.6) is 0 Å². The SMILES string of the molecule is CCC1CCC(CNCc2ccc(C(=O)O)c(F)c2)CC1. The van der Waals surface area contributed by atoms with Crippen LogP contribution in [0.1, 0.15) is 54.9 Å². The molecule has 1 saturated carbocycles. The highest BCUT2D eigenvalue weighted by atomic mass is 19.1. The van der Waals surface area contributed by atoms with Gasteiger partial charge in [-0.3, -0.25) is 0 Å². The number of carbonyl (C=O) groups is 1. The molecule has 0 aromatic heterocycles. The summed E-state index contributed by atoms with van der Waals surface area (Å²) in [5.74, 6) is -0.264. The molecule has 0 radical (unpaired) electrons. The summed E-state index contributed by atoms with van der Waals surface area (Å²) in [6.07, 6.45) is 6.49. The summed E-state index contributed by atoms with van der Waals surface area (Å²) in [5.41, 5.74) is 0.524. The van der Waals surface area contributed by atoms with E-state index in [-0.39, 0.29) is 5.56 Å². The van der Waals surface area contributed by atoms with Crippen molar-refractivity contribution in [3.05, 3.63) is 35.1 Å². The van der Waals surface area contributed by atoms with Crippen LogP contribution in [0, 0.1) is 17.7 Å². The molecule has 1 aromatic carbocycles. The summed E-state index contributed by atoms with van der Waals surface area (Å²) in [6, 6.07) is 4.32. The Morgan fingerprint density at radius 2 is 1.95 bits per heavy atom. The first-order valence-corrected chi connectivity index (χ1v) is 7.82. The van der Waals surface area contributed by atoms with Crippen molar-refractivity contribution in [2.45, 2.75) is 45.6 Å². The molecule has 2 rings (SSSR count). The lowest BCUT2D eigenvalue weighted by Gasteiger charge is -2.27. The lowest BCUT2D eigenvalue weighted by Crippen LogP contribution is -2.26. The fourth-order valence-electron chi connectivity index (χ4n) is 3.11. The molecule has 2 N–H and O–H groups in total. The Bertz CT molecular complexity index is 482. The molecule has 3 nitrogen and oxygen atoms in total. The molecule has 0 heterocycles. The van der Waals surface area contributed by atoms with E-state index < -0.39 is 11.8 Å². The highest BCUT2D eigenvalue weighted by molar-refractivity contribution is 5.87. The second-order valence-corrected chi connectivity index (χ2v) is 6.05. The Morgan fingerprint density at radius 1 is 1.29 bits per heavy atom. The van der Waals surface area contributed by atoms with Gasteiger partial charge < -0.3 is 10.4 Å². The number of rotatable bonds is 6. The normalized spacial score (nSPS) is 22.2. The number of benzene rings is 1.